The first-order valence-electron chi connectivity index (χ1n) is 5.88. The Hall–Kier alpha value is -2.21. The second-order valence-electron chi connectivity index (χ2n) is 4.01. The molecule has 1 aromatic heterocycles. The summed E-state index contributed by atoms with van der Waals surface area (Å²) in [6, 6.07) is 14.1. The maximum atomic E-state index is 12.0. The highest BCUT2D eigenvalue weighted by Gasteiger charge is 2.05. The molecule has 3 rings (SSSR count). The Kier molecular flexibility index (Phi) is 3.47. The van der Waals surface area contributed by atoms with Crippen LogP contribution in [0.4, 0.5) is 19.6 Å². The highest BCUT2D eigenvalue weighted by atomic mass is 32.1. The number of anilines is 2. The standard InChI is InChI=1S/C14H10F2N2OS/c15-13(16)19-10-7-5-9(6-8-10)17-14-18-11-3-1-2-4-12(11)20-14/h1-8,13H,(H,17,18). The van der Waals surface area contributed by atoms with Crippen LogP contribution in [0.5, 0.6) is 5.75 Å². The minimum Gasteiger partial charge on any atom is -0.435 e. The largest absolute Gasteiger partial charge is 0.435 e. The van der Waals surface area contributed by atoms with Crippen LogP contribution in [-0.4, -0.2) is 11.6 Å². The molecule has 2 aromatic carbocycles. The number of ether oxygens (including phenoxy) is 1. The van der Waals surface area contributed by atoms with Gasteiger partial charge in [0.2, 0.25) is 0 Å². The fourth-order valence-electron chi connectivity index (χ4n) is 1.77. The lowest BCUT2D eigenvalue weighted by Gasteiger charge is -2.06. The van der Waals surface area contributed by atoms with Gasteiger partial charge in [0.15, 0.2) is 5.13 Å². The summed E-state index contributed by atoms with van der Waals surface area (Å²) in [5.41, 5.74) is 1.70. The fraction of sp³-hybridized carbons (Fsp3) is 0.0714. The van der Waals surface area contributed by atoms with Crippen molar-refractivity contribution in [3.05, 3.63) is 48.5 Å². The van der Waals surface area contributed by atoms with Crippen molar-refractivity contribution in [1.82, 2.24) is 4.98 Å². The zero-order valence-electron chi connectivity index (χ0n) is 10.2. The minimum absolute atomic E-state index is 0.134. The van der Waals surface area contributed by atoms with E-state index in [0.717, 1.165) is 21.0 Å². The third-order valence-corrected chi connectivity index (χ3v) is 3.58. The van der Waals surface area contributed by atoms with E-state index in [1.54, 1.807) is 12.1 Å². The highest BCUT2D eigenvalue weighted by Crippen LogP contribution is 2.28. The van der Waals surface area contributed by atoms with Crippen LogP contribution in [-0.2, 0) is 0 Å². The lowest BCUT2D eigenvalue weighted by Crippen LogP contribution is -2.01. The average Bonchev–Trinajstić information content (AvgIpc) is 2.82. The summed E-state index contributed by atoms with van der Waals surface area (Å²) in [6.45, 7) is -2.81. The van der Waals surface area contributed by atoms with E-state index in [9.17, 15) is 8.78 Å². The molecule has 0 atom stereocenters. The van der Waals surface area contributed by atoms with Crippen LogP contribution in [0.2, 0.25) is 0 Å². The van der Waals surface area contributed by atoms with Gasteiger partial charge >= 0.3 is 6.61 Å². The lowest BCUT2D eigenvalue weighted by atomic mass is 10.3. The molecule has 3 aromatic rings. The Balaban J connectivity index is 1.76. The zero-order valence-corrected chi connectivity index (χ0v) is 11.0. The quantitative estimate of drug-likeness (QED) is 0.760. The van der Waals surface area contributed by atoms with Crippen molar-refractivity contribution in [2.24, 2.45) is 0 Å². The van der Waals surface area contributed by atoms with Crippen LogP contribution in [0, 0.1) is 0 Å². The number of benzene rings is 2. The molecule has 20 heavy (non-hydrogen) atoms. The monoisotopic (exact) mass is 292 g/mol. The van der Waals surface area contributed by atoms with Crippen LogP contribution >= 0.6 is 11.3 Å². The molecule has 0 aliphatic carbocycles. The van der Waals surface area contributed by atoms with E-state index in [-0.39, 0.29) is 5.75 Å². The second kappa shape index (κ2) is 5.42. The van der Waals surface area contributed by atoms with Crippen LogP contribution in [0.15, 0.2) is 48.5 Å². The number of hydrogen-bond acceptors (Lipinski definition) is 4. The van der Waals surface area contributed by atoms with Crippen molar-refractivity contribution in [2.75, 3.05) is 5.32 Å². The van der Waals surface area contributed by atoms with Crippen LogP contribution in [0.25, 0.3) is 10.2 Å². The summed E-state index contributed by atoms with van der Waals surface area (Å²) in [5, 5.41) is 3.90. The smallest absolute Gasteiger partial charge is 0.387 e. The van der Waals surface area contributed by atoms with Gasteiger partial charge in [-0.2, -0.15) is 8.78 Å². The molecule has 102 valence electrons. The van der Waals surface area contributed by atoms with Crippen molar-refractivity contribution in [3.63, 3.8) is 0 Å². The van der Waals surface area contributed by atoms with E-state index in [1.807, 2.05) is 24.3 Å². The number of aromatic nitrogens is 1. The Morgan fingerprint density at radius 2 is 1.80 bits per heavy atom. The Morgan fingerprint density at radius 3 is 2.50 bits per heavy atom. The molecule has 0 spiro atoms. The van der Waals surface area contributed by atoms with Gasteiger partial charge in [0.05, 0.1) is 10.2 Å². The van der Waals surface area contributed by atoms with E-state index in [2.05, 4.69) is 15.0 Å². The molecule has 0 unspecified atom stereocenters. The number of fused-ring (bicyclic) bond motifs is 1. The molecule has 6 heteroatoms. The van der Waals surface area contributed by atoms with Gasteiger partial charge in [0.25, 0.3) is 0 Å². The van der Waals surface area contributed by atoms with Gasteiger partial charge in [-0.25, -0.2) is 4.98 Å². The van der Waals surface area contributed by atoms with Gasteiger partial charge in [-0.3, -0.25) is 0 Å². The van der Waals surface area contributed by atoms with Crippen LogP contribution in [0.1, 0.15) is 0 Å². The van der Waals surface area contributed by atoms with E-state index < -0.39 is 6.61 Å². The van der Waals surface area contributed by atoms with Crippen molar-refractivity contribution < 1.29 is 13.5 Å². The predicted octanol–water partition coefficient (Wildman–Crippen LogP) is 4.64. The number of rotatable bonds is 4. The van der Waals surface area contributed by atoms with Crippen LogP contribution < -0.4 is 10.1 Å². The zero-order chi connectivity index (χ0) is 13.9. The summed E-state index contributed by atoms with van der Waals surface area (Å²) in [6.07, 6.45) is 0. The Morgan fingerprint density at radius 1 is 1.05 bits per heavy atom. The van der Waals surface area contributed by atoms with E-state index in [1.165, 1.54) is 23.5 Å². The normalized spacial score (nSPS) is 10.9. The van der Waals surface area contributed by atoms with Crippen LogP contribution in [0.3, 0.4) is 0 Å². The summed E-state index contributed by atoms with van der Waals surface area (Å²) >= 11 is 1.53. The SMILES string of the molecule is FC(F)Oc1ccc(Nc2nc3ccccc3s2)cc1. The van der Waals surface area contributed by atoms with Crippen molar-refractivity contribution in [2.45, 2.75) is 6.61 Å². The average molecular weight is 292 g/mol. The second-order valence-corrected chi connectivity index (χ2v) is 5.05. The first kappa shape index (κ1) is 12.8. The topological polar surface area (TPSA) is 34.1 Å². The van der Waals surface area contributed by atoms with Gasteiger partial charge in [-0.1, -0.05) is 23.5 Å². The van der Waals surface area contributed by atoms with Gasteiger partial charge in [-0.15, -0.1) is 0 Å². The maximum Gasteiger partial charge on any atom is 0.387 e. The first-order chi connectivity index (χ1) is 9.70. The molecule has 0 bridgehead atoms. The summed E-state index contributed by atoms with van der Waals surface area (Å²) in [4.78, 5) is 4.43. The number of thiazole rings is 1. The molecule has 3 nitrogen and oxygen atoms in total. The molecule has 1 heterocycles. The van der Waals surface area contributed by atoms with Gasteiger partial charge < -0.3 is 10.1 Å². The predicted molar refractivity (Wildman–Crippen MR) is 76.0 cm³/mol. The summed E-state index contributed by atoms with van der Waals surface area (Å²) < 4.78 is 29.5. The van der Waals surface area contributed by atoms with Crippen molar-refractivity contribution in [3.8, 4) is 5.75 Å². The van der Waals surface area contributed by atoms with E-state index in [4.69, 9.17) is 0 Å². The molecule has 0 radical (unpaired) electrons. The third kappa shape index (κ3) is 2.85. The van der Waals surface area contributed by atoms with Gasteiger partial charge in [0, 0.05) is 5.69 Å². The van der Waals surface area contributed by atoms with E-state index >= 15 is 0 Å². The number of nitrogens with zero attached hydrogens (tertiary/aromatic N) is 1. The Labute approximate surface area is 117 Å². The summed E-state index contributed by atoms with van der Waals surface area (Å²) in [5.74, 6) is 0.134. The molecule has 0 fully saturated rings. The van der Waals surface area contributed by atoms with Crippen molar-refractivity contribution in [1.29, 1.82) is 0 Å². The molecule has 0 aliphatic rings. The molecular weight excluding hydrogens is 282 g/mol. The first-order valence-corrected chi connectivity index (χ1v) is 6.70. The van der Waals surface area contributed by atoms with Gasteiger partial charge in [-0.05, 0) is 36.4 Å². The number of alkyl halides is 2. The number of halogens is 2. The Bertz CT molecular complexity index is 680. The minimum atomic E-state index is -2.81. The fourth-order valence-corrected chi connectivity index (χ4v) is 2.65. The third-order valence-electron chi connectivity index (χ3n) is 2.62. The molecule has 0 saturated carbocycles. The number of nitrogens with one attached hydrogen (secondary N) is 1. The molecule has 0 aliphatic heterocycles. The molecule has 0 amide bonds. The number of para-hydroxylation sites is 1. The van der Waals surface area contributed by atoms with E-state index in [0.29, 0.717) is 0 Å². The van der Waals surface area contributed by atoms with Crippen molar-refractivity contribution >= 4 is 32.4 Å². The molecular formula is C14H10F2N2OS. The summed E-state index contributed by atoms with van der Waals surface area (Å²) in [7, 11) is 0. The maximum absolute atomic E-state index is 12.0. The number of hydrogen-bond donors (Lipinski definition) is 1. The van der Waals surface area contributed by atoms with Gasteiger partial charge in [0.1, 0.15) is 5.75 Å². The molecule has 0 saturated heterocycles. The highest BCUT2D eigenvalue weighted by molar-refractivity contribution is 7.22. The molecule has 1 N–H and O–H groups in total. The lowest BCUT2D eigenvalue weighted by molar-refractivity contribution is -0.0498.